The molecule has 0 fully saturated rings. The summed E-state index contributed by atoms with van der Waals surface area (Å²) in [6.07, 6.45) is 4.15. The highest BCUT2D eigenvalue weighted by Crippen LogP contribution is 2.39. The van der Waals surface area contributed by atoms with E-state index in [-0.39, 0.29) is 0 Å². The summed E-state index contributed by atoms with van der Waals surface area (Å²) < 4.78 is 4.48. The smallest absolute Gasteiger partial charge is 0.0565 e. The summed E-state index contributed by atoms with van der Waals surface area (Å²) in [7, 11) is 0. The van der Waals surface area contributed by atoms with Crippen molar-refractivity contribution in [3.63, 3.8) is 0 Å². The summed E-state index contributed by atoms with van der Waals surface area (Å²) in [5, 5.41) is 11.1. The lowest BCUT2D eigenvalue weighted by molar-refractivity contribution is 0.776. The Morgan fingerprint density at radius 1 is 0.786 bits per heavy atom. The van der Waals surface area contributed by atoms with Crippen molar-refractivity contribution in [2.75, 3.05) is 0 Å². The molecule has 28 heavy (non-hydrogen) atoms. The molecule has 2 aromatic carbocycles. The molecule has 0 radical (unpaired) electrons. The van der Waals surface area contributed by atoms with Gasteiger partial charge in [-0.25, -0.2) is 0 Å². The van der Waals surface area contributed by atoms with Crippen molar-refractivity contribution < 1.29 is 0 Å². The van der Waals surface area contributed by atoms with Gasteiger partial charge in [0, 0.05) is 35.6 Å². The maximum absolute atomic E-state index is 8.14. The number of aromatic nitrogens is 2. The van der Waals surface area contributed by atoms with Gasteiger partial charge < -0.3 is 14.5 Å². The monoisotopic (exact) mass is 363 g/mol. The second-order valence-corrected chi connectivity index (χ2v) is 7.01. The topological polar surface area (TPSA) is 33.7 Å². The summed E-state index contributed by atoms with van der Waals surface area (Å²) in [5.41, 5.74) is 5.83. The van der Waals surface area contributed by atoms with E-state index in [1.54, 1.807) is 0 Å². The minimum absolute atomic E-state index is 0.539. The number of benzene rings is 3. The second kappa shape index (κ2) is 6.54. The lowest BCUT2D eigenvalue weighted by atomic mass is 9.95. The zero-order chi connectivity index (χ0) is 19.1. The molecule has 1 aliphatic carbocycles. The van der Waals surface area contributed by atoms with Crippen molar-refractivity contribution in [2.24, 2.45) is 0 Å². The van der Waals surface area contributed by atoms with E-state index in [1.165, 1.54) is 27.6 Å². The molecule has 0 saturated heterocycles. The van der Waals surface area contributed by atoms with Crippen LogP contribution in [0.1, 0.15) is 6.92 Å². The number of nitrogens with zero attached hydrogens (tertiary/aromatic N) is 2. The summed E-state index contributed by atoms with van der Waals surface area (Å²) in [6.45, 7) is 3.01. The van der Waals surface area contributed by atoms with E-state index >= 15 is 0 Å². The van der Waals surface area contributed by atoms with Crippen molar-refractivity contribution in [1.29, 1.82) is 5.41 Å². The quantitative estimate of drug-likeness (QED) is 0.399. The van der Waals surface area contributed by atoms with Crippen LogP contribution in [0.4, 0.5) is 0 Å². The molecule has 0 atom stereocenters. The molecule has 0 amide bonds. The normalized spacial score (nSPS) is 11.3. The van der Waals surface area contributed by atoms with Crippen LogP contribution in [0.15, 0.2) is 91.3 Å². The number of nitrogens with one attached hydrogen (secondary N) is 1. The lowest BCUT2D eigenvalue weighted by Gasteiger charge is -2.24. The van der Waals surface area contributed by atoms with Gasteiger partial charge in [0.15, 0.2) is 0 Å². The highest BCUT2D eigenvalue weighted by Gasteiger charge is 2.18. The molecule has 0 unspecified atom stereocenters. The average molecular weight is 363 g/mol. The molecule has 3 aromatic rings. The first kappa shape index (κ1) is 16.6. The highest BCUT2D eigenvalue weighted by molar-refractivity contribution is 6.05. The zero-order valence-corrected chi connectivity index (χ0v) is 15.8. The molecule has 1 aromatic heterocycles. The summed E-state index contributed by atoms with van der Waals surface area (Å²) in [6, 6.07) is 27.2. The standard InChI is InChI=1S/C25H21N3/c1-2-28-24-16-19(26)10-12-22(24)21-13-11-20(27-14-6-7-15-27)17-23(21)25(28)18-8-4-3-5-9-18/h3-17,26H,2H2,1H3. The number of rotatable bonds is 3. The van der Waals surface area contributed by atoms with E-state index in [2.05, 4.69) is 83.0 Å². The molecule has 0 bridgehead atoms. The Morgan fingerprint density at radius 2 is 1.57 bits per heavy atom. The molecule has 136 valence electrons. The van der Waals surface area contributed by atoms with E-state index < -0.39 is 0 Å². The second-order valence-electron chi connectivity index (χ2n) is 7.01. The Morgan fingerprint density at radius 3 is 2.32 bits per heavy atom. The van der Waals surface area contributed by atoms with Crippen molar-refractivity contribution >= 4 is 10.8 Å². The van der Waals surface area contributed by atoms with E-state index in [4.69, 9.17) is 5.41 Å². The van der Waals surface area contributed by atoms with Crippen molar-refractivity contribution in [2.45, 2.75) is 13.5 Å². The number of hydrogen-bond donors (Lipinski definition) is 1. The van der Waals surface area contributed by atoms with Gasteiger partial charge in [-0.2, -0.15) is 0 Å². The molecule has 3 nitrogen and oxygen atoms in total. The van der Waals surface area contributed by atoms with Crippen LogP contribution < -0.4 is 5.36 Å². The van der Waals surface area contributed by atoms with E-state index in [0.717, 1.165) is 17.9 Å². The molecule has 1 N–H and O–H groups in total. The first-order valence-electron chi connectivity index (χ1n) is 9.60. The van der Waals surface area contributed by atoms with E-state index in [9.17, 15) is 0 Å². The fourth-order valence-corrected chi connectivity index (χ4v) is 4.11. The minimum atomic E-state index is 0.539. The van der Waals surface area contributed by atoms with Gasteiger partial charge in [-0.15, -0.1) is 0 Å². The third-order valence-electron chi connectivity index (χ3n) is 5.37. The third kappa shape index (κ3) is 2.55. The Balaban J connectivity index is 1.97. The van der Waals surface area contributed by atoms with Crippen molar-refractivity contribution in [1.82, 2.24) is 9.13 Å². The van der Waals surface area contributed by atoms with Crippen LogP contribution in [0, 0.1) is 5.41 Å². The van der Waals surface area contributed by atoms with Gasteiger partial charge in [0.25, 0.3) is 0 Å². The summed E-state index contributed by atoms with van der Waals surface area (Å²) in [5.74, 6) is 0. The van der Waals surface area contributed by atoms with Crippen LogP contribution in [-0.2, 0) is 6.54 Å². The number of fused-ring (bicyclic) bond motifs is 3. The highest BCUT2D eigenvalue weighted by atomic mass is 15.0. The fraction of sp³-hybridized carbons (Fsp3) is 0.0800. The van der Waals surface area contributed by atoms with Gasteiger partial charge in [0.05, 0.1) is 16.7 Å². The van der Waals surface area contributed by atoms with Gasteiger partial charge in [-0.3, -0.25) is 0 Å². The summed E-state index contributed by atoms with van der Waals surface area (Å²) in [4.78, 5) is 0. The Kier molecular flexibility index (Phi) is 3.87. The molecule has 1 aliphatic heterocycles. The average Bonchev–Trinajstić information content (AvgIpc) is 3.27. The predicted molar refractivity (Wildman–Crippen MR) is 115 cm³/mol. The third-order valence-corrected chi connectivity index (χ3v) is 5.37. The lowest BCUT2D eigenvalue weighted by Crippen LogP contribution is -2.11. The Bertz CT molecular complexity index is 1300. The maximum Gasteiger partial charge on any atom is 0.0565 e. The van der Waals surface area contributed by atoms with Gasteiger partial charge in [0.1, 0.15) is 0 Å². The largest absolute Gasteiger partial charge is 0.340 e. The molecule has 3 heteroatoms. The number of hydrogen-bond acceptors (Lipinski definition) is 1. The van der Waals surface area contributed by atoms with Gasteiger partial charge in [-0.1, -0.05) is 42.5 Å². The zero-order valence-electron chi connectivity index (χ0n) is 15.8. The van der Waals surface area contributed by atoms with Crippen molar-refractivity contribution in [3.05, 3.63) is 96.6 Å². The molecule has 2 aliphatic rings. The molecule has 5 rings (SSSR count). The molecule has 2 heterocycles. The first-order chi connectivity index (χ1) is 13.8. The SMILES string of the molecule is CCn1c2cc(=N)ccc-2c2ccc(-n3cccc3)cc2c1-c1ccccc1. The van der Waals surface area contributed by atoms with Gasteiger partial charge in [0.2, 0.25) is 0 Å². The Hall–Kier alpha value is -3.59. The Labute approximate surface area is 164 Å². The maximum atomic E-state index is 8.14. The van der Waals surface area contributed by atoms with E-state index in [0.29, 0.717) is 5.36 Å². The fourth-order valence-electron chi connectivity index (χ4n) is 4.11. The van der Waals surface area contributed by atoms with Crippen LogP contribution in [0.5, 0.6) is 0 Å². The minimum Gasteiger partial charge on any atom is -0.340 e. The number of pyridine rings is 1. The molecular weight excluding hydrogens is 342 g/mol. The van der Waals surface area contributed by atoms with Gasteiger partial charge >= 0.3 is 0 Å². The van der Waals surface area contributed by atoms with Crippen LogP contribution in [-0.4, -0.2) is 9.13 Å². The first-order valence-corrected chi connectivity index (χ1v) is 9.60. The van der Waals surface area contributed by atoms with E-state index in [1.807, 2.05) is 24.3 Å². The van der Waals surface area contributed by atoms with Gasteiger partial charge in [-0.05, 0) is 54.3 Å². The predicted octanol–water partition coefficient (Wildman–Crippen LogP) is 5.70. The molecular formula is C25H21N3. The van der Waals surface area contributed by atoms with Crippen LogP contribution in [0.25, 0.3) is 39.0 Å². The van der Waals surface area contributed by atoms with Crippen LogP contribution in [0.2, 0.25) is 0 Å². The molecule has 0 saturated carbocycles. The van der Waals surface area contributed by atoms with Crippen molar-refractivity contribution in [3.8, 4) is 28.2 Å². The molecule has 0 spiro atoms. The van der Waals surface area contributed by atoms with Crippen LogP contribution >= 0.6 is 0 Å². The van der Waals surface area contributed by atoms with Crippen LogP contribution in [0.3, 0.4) is 0 Å². The summed E-state index contributed by atoms with van der Waals surface area (Å²) >= 11 is 0.